The van der Waals surface area contributed by atoms with Crippen LogP contribution in [0.5, 0.6) is 0 Å². The van der Waals surface area contributed by atoms with Gasteiger partial charge in [0.2, 0.25) is 5.95 Å². The number of aromatic nitrogens is 4. The highest BCUT2D eigenvalue weighted by molar-refractivity contribution is 5.61. The fourth-order valence-electron chi connectivity index (χ4n) is 2.88. The Kier molecular flexibility index (Phi) is 4.39. The highest BCUT2D eigenvalue weighted by Crippen LogP contribution is 2.34. The van der Waals surface area contributed by atoms with Gasteiger partial charge in [0.05, 0.1) is 17.0 Å². The predicted octanol–water partition coefficient (Wildman–Crippen LogP) is 3.30. The minimum Gasteiger partial charge on any atom is -0.372 e. The lowest BCUT2D eigenvalue weighted by Gasteiger charge is -2.14. The van der Waals surface area contributed by atoms with Crippen molar-refractivity contribution in [3.8, 4) is 11.3 Å². The standard InChI is InChI=1S/C18H19N5O2/c1-12-9-16(25-23-12)14-11-21-18(20-10-13-4-6-19-7-5-13)22-17(14)15-3-2-8-24-15/h4-7,9,11,15H,2-3,8,10H2,1H3,(H,20,21,22)/t15-/m0/s1. The van der Waals surface area contributed by atoms with Gasteiger partial charge in [0.15, 0.2) is 5.76 Å². The van der Waals surface area contributed by atoms with Crippen LogP contribution in [0, 0.1) is 6.92 Å². The fraction of sp³-hybridized carbons (Fsp3) is 0.333. The molecule has 0 spiro atoms. The van der Waals surface area contributed by atoms with Gasteiger partial charge in [0.1, 0.15) is 6.10 Å². The first-order chi connectivity index (χ1) is 12.3. The maximum Gasteiger partial charge on any atom is 0.223 e. The van der Waals surface area contributed by atoms with Crippen molar-refractivity contribution >= 4 is 5.95 Å². The SMILES string of the molecule is Cc1cc(-c2cnc(NCc3ccncc3)nc2[C@@H]2CCCO2)on1. The van der Waals surface area contributed by atoms with E-state index in [2.05, 4.69) is 20.4 Å². The normalized spacial score (nSPS) is 16.9. The number of hydrogen-bond acceptors (Lipinski definition) is 7. The summed E-state index contributed by atoms with van der Waals surface area (Å²) in [5.41, 5.74) is 3.63. The minimum atomic E-state index is -0.0371. The number of nitrogens with one attached hydrogen (secondary N) is 1. The van der Waals surface area contributed by atoms with Gasteiger partial charge < -0.3 is 14.6 Å². The van der Waals surface area contributed by atoms with E-state index in [0.29, 0.717) is 18.3 Å². The summed E-state index contributed by atoms with van der Waals surface area (Å²) >= 11 is 0. The van der Waals surface area contributed by atoms with E-state index in [-0.39, 0.29) is 6.10 Å². The van der Waals surface area contributed by atoms with Gasteiger partial charge in [-0.05, 0) is 37.5 Å². The van der Waals surface area contributed by atoms with E-state index in [1.54, 1.807) is 18.6 Å². The zero-order chi connectivity index (χ0) is 17.1. The third kappa shape index (κ3) is 3.51. The Morgan fingerprint density at radius 2 is 2.16 bits per heavy atom. The molecule has 7 heteroatoms. The van der Waals surface area contributed by atoms with Crippen LogP contribution in [0.4, 0.5) is 5.95 Å². The number of hydrogen-bond donors (Lipinski definition) is 1. The average molecular weight is 337 g/mol. The Hall–Kier alpha value is -2.80. The van der Waals surface area contributed by atoms with Gasteiger partial charge in [0, 0.05) is 37.8 Å². The first-order valence-corrected chi connectivity index (χ1v) is 8.34. The summed E-state index contributed by atoms with van der Waals surface area (Å²) < 4.78 is 11.2. The lowest BCUT2D eigenvalue weighted by molar-refractivity contribution is 0.109. The Bertz CT molecular complexity index is 844. The third-order valence-corrected chi connectivity index (χ3v) is 4.15. The van der Waals surface area contributed by atoms with Crippen LogP contribution in [0.3, 0.4) is 0 Å². The zero-order valence-electron chi connectivity index (χ0n) is 14.0. The fourth-order valence-corrected chi connectivity index (χ4v) is 2.88. The molecule has 0 unspecified atom stereocenters. The molecule has 128 valence electrons. The highest BCUT2D eigenvalue weighted by Gasteiger charge is 2.25. The van der Waals surface area contributed by atoms with E-state index in [0.717, 1.165) is 42.0 Å². The topological polar surface area (TPSA) is 86.0 Å². The lowest BCUT2D eigenvalue weighted by Crippen LogP contribution is -2.09. The molecule has 0 radical (unpaired) electrons. The summed E-state index contributed by atoms with van der Waals surface area (Å²) in [6.07, 6.45) is 7.25. The van der Waals surface area contributed by atoms with Crippen LogP contribution in [0.25, 0.3) is 11.3 Å². The first-order valence-electron chi connectivity index (χ1n) is 8.34. The summed E-state index contributed by atoms with van der Waals surface area (Å²) in [7, 11) is 0. The summed E-state index contributed by atoms with van der Waals surface area (Å²) in [5.74, 6) is 1.24. The van der Waals surface area contributed by atoms with Crippen LogP contribution in [-0.4, -0.2) is 26.7 Å². The van der Waals surface area contributed by atoms with Crippen molar-refractivity contribution in [2.75, 3.05) is 11.9 Å². The van der Waals surface area contributed by atoms with Crippen LogP contribution < -0.4 is 5.32 Å². The summed E-state index contributed by atoms with van der Waals surface area (Å²) in [6, 6.07) is 5.81. The molecule has 25 heavy (non-hydrogen) atoms. The Morgan fingerprint density at radius 1 is 1.28 bits per heavy atom. The number of ether oxygens (including phenoxy) is 1. The maximum atomic E-state index is 5.84. The largest absolute Gasteiger partial charge is 0.372 e. The molecular formula is C18H19N5O2. The number of rotatable bonds is 5. The molecule has 1 atom stereocenters. The van der Waals surface area contributed by atoms with Gasteiger partial charge in [-0.2, -0.15) is 0 Å². The van der Waals surface area contributed by atoms with E-state index in [1.165, 1.54) is 0 Å². The van der Waals surface area contributed by atoms with E-state index in [1.807, 2.05) is 25.1 Å². The summed E-state index contributed by atoms with van der Waals surface area (Å²) in [6.45, 7) is 3.28. The molecule has 0 saturated carbocycles. The van der Waals surface area contributed by atoms with Crippen molar-refractivity contribution in [2.24, 2.45) is 0 Å². The Morgan fingerprint density at radius 3 is 2.88 bits per heavy atom. The average Bonchev–Trinajstić information content (AvgIpc) is 3.32. The second kappa shape index (κ2) is 6.98. The van der Waals surface area contributed by atoms with Gasteiger partial charge >= 0.3 is 0 Å². The molecule has 1 fully saturated rings. The molecule has 3 aromatic rings. The van der Waals surface area contributed by atoms with Crippen LogP contribution in [0.2, 0.25) is 0 Å². The molecular weight excluding hydrogens is 318 g/mol. The van der Waals surface area contributed by atoms with Crippen molar-refractivity contribution in [1.29, 1.82) is 0 Å². The molecule has 7 nitrogen and oxygen atoms in total. The zero-order valence-corrected chi connectivity index (χ0v) is 14.0. The molecule has 1 aliphatic rings. The molecule has 3 aromatic heterocycles. The van der Waals surface area contributed by atoms with Crippen LogP contribution in [0.15, 0.2) is 41.3 Å². The number of pyridine rings is 1. The molecule has 4 rings (SSSR count). The van der Waals surface area contributed by atoms with Crippen molar-refractivity contribution < 1.29 is 9.26 Å². The Balaban J connectivity index is 1.62. The summed E-state index contributed by atoms with van der Waals surface area (Å²) in [4.78, 5) is 13.2. The second-order valence-electron chi connectivity index (χ2n) is 6.04. The van der Waals surface area contributed by atoms with Crippen molar-refractivity contribution in [2.45, 2.75) is 32.4 Å². The second-order valence-corrected chi connectivity index (χ2v) is 6.04. The van der Waals surface area contributed by atoms with Gasteiger partial charge in [-0.25, -0.2) is 9.97 Å². The van der Waals surface area contributed by atoms with Gasteiger partial charge in [0.25, 0.3) is 0 Å². The minimum absolute atomic E-state index is 0.0371. The third-order valence-electron chi connectivity index (χ3n) is 4.15. The maximum absolute atomic E-state index is 5.84. The van der Waals surface area contributed by atoms with Crippen LogP contribution >= 0.6 is 0 Å². The smallest absolute Gasteiger partial charge is 0.223 e. The molecule has 1 aliphatic heterocycles. The molecule has 1 saturated heterocycles. The molecule has 0 aromatic carbocycles. The monoisotopic (exact) mass is 337 g/mol. The molecule has 0 amide bonds. The number of anilines is 1. The quantitative estimate of drug-likeness (QED) is 0.764. The number of nitrogens with zero attached hydrogens (tertiary/aromatic N) is 4. The summed E-state index contributed by atoms with van der Waals surface area (Å²) in [5, 5.41) is 7.22. The van der Waals surface area contributed by atoms with Crippen molar-refractivity contribution in [1.82, 2.24) is 20.1 Å². The molecule has 4 heterocycles. The number of aryl methyl sites for hydroxylation is 1. The lowest BCUT2D eigenvalue weighted by atomic mass is 10.1. The molecule has 0 bridgehead atoms. The van der Waals surface area contributed by atoms with Gasteiger partial charge in [-0.15, -0.1) is 0 Å². The van der Waals surface area contributed by atoms with Crippen molar-refractivity contribution in [3.05, 3.63) is 53.7 Å². The Labute approximate surface area is 145 Å². The van der Waals surface area contributed by atoms with E-state index in [4.69, 9.17) is 14.2 Å². The molecule has 0 aliphatic carbocycles. The van der Waals surface area contributed by atoms with E-state index < -0.39 is 0 Å². The first kappa shape index (κ1) is 15.7. The van der Waals surface area contributed by atoms with E-state index >= 15 is 0 Å². The highest BCUT2D eigenvalue weighted by atomic mass is 16.5. The van der Waals surface area contributed by atoms with Gasteiger partial charge in [-0.3, -0.25) is 4.98 Å². The van der Waals surface area contributed by atoms with E-state index in [9.17, 15) is 0 Å². The predicted molar refractivity (Wildman–Crippen MR) is 91.8 cm³/mol. The van der Waals surface area contributed by atoms with Crippen molar-refractivity contribution in [3.63, 3.8) is 0 Å². The van der Waals surface area contributed by atoms with Crippen LogP contribution in [0.1, 0.15) is 35.9 Å². The van der Waals surface area contributed by atoms with Crippen LogP contribution in [-0.2, 0) is 11.3 Å². The molecule has 1 N–H and O–H groups in total. The van der Waals surface area contributed by atoms with Gasteiger partial charge in [-0.1, -0.05) is 5.16 Å².